The third-order valence-electron chi connectivity index (χ3n) is 1.50. The maximum atomic E-state index is 12.4. The van der Waals surface area contributed by atoms with Gasteiger partial charge in [-0.1, -0.05) is 0 Å². The lowest BCUT2D eigenvalue weighted by molar-refractivity contribution is 0.149. The number of halogens is 4. The lowest BCUT2D eigenvalue weighted by atomic mass is 10.3. The van der Waals surface area contributed by atoms with Gasteiger partial charge in [0.1, 0.15) is 0 Å². The molecule has 0 amide bonds. The van der Waals surface area contributed by atoms with Gasteiger partial charge in [0, 0.05) is 26.0 Å². The first-order valence-electron chi connectivity index (χ1n) is 3.39. The number of pyridine rings is 1. The van der Waals surface area contributed by atoms with Crippen LogP contribution in [0.15, 0.2) is 15.9 Å². The number of aromatic amines is 1. The Kier molecular flexibility index (Phi) is 3.71. The molecule has 0 bridgehead atoms. The number of alkyl halides is 2. The molecule has 0 aromatic carbocycles. The van der Waals surface area contributed by atoms with Crippen LogP contribution >= 0.6 is 33.3 Å². The van der Waals surface area contributed by atoms with E-state index in [0.717, 1.165) is 6.20 Å². The van der Waals surface area contributed by atoms with Gasteiger partial charge in [0.05, 0.1) is 0 Å². The van der Waals surface area contributed by atoms with Crippen LogP contribution < -0.4 is 5.56 Å². The molecule has 1 aromatic heterocycles. The molecule has 0 spiro atoms. The molecule has 0 radical (unpaired) electrons. The van der Waals surface area contributed by atoms with E-state index in [9.17, 15) is 22.0 Å². The molecule has 84 valence electrons. The van der Waals surface area contributed by atoms with Crippen molar-refractivity contribution in [2.45, 2.75) is 11.3 Å². The molecule has 0 atom stereocenters. The van der Waals surface area contributed by atoms with Gasteiger partial charge in [0.2, 0.25) is 0 Å². The molecule has 0 aliphatic heterocycles. The fraction of sp³-hybridized carbons (Fsp3) is 0.167. The number of H-pyrrole nitrogens is 1. The zero-order chi connectivity index (χ0) is 11.8. The van der Waals surface area contributed by atoms with Gasteiger partial charge in [0.15, 0.2) is 4.90 Å². The zero-order valence-corrected chi connectivity index (χ0v) is 10.5. The van der Waals surface area contributed by atoms with Crippen LogP contribution in [0.25, 0.3) is 0 Å². The summed E-state index contributed by atoms with van der Waals surface area (Å²) in [5.74, 6) is 0. The van der Waals surface area contributed by atoms with E-state index in [1.165, 1.54) is 22.6 Å². The Hall–Kier alpha value is -0.220. The highest BCUT2D eigenvalue weighted by Gasteiger charge is 2.24. The van der Waals surface area contributed by atoms with Crippen LogP contribution in [-0.4, -0.2) is 13.4 Å². The van der Waals surface area contributed by atoms with Crippen LogP contribution in [0.1, 0.15) is 12.0 Å². The van der Waals surface area contributed by atoms with Gasteiger partial charge in [-0.15, -0.1) is 0 Å². The second kappa shape index (κ2) is 4.34. The van der Waals surface area contributed by atoms with Crippen molar-refractivity contribution >= 4 is 42.3 Å². The van der Waals surface area contributed by atoms with Crippen LogP contribution in [0.2, 0.25) is 0 Å². The molecule has 0 aliphatic rings. The molecule has 4 nitrogen and oxygen atoms in total. The molecule has 1 aromatic rings. The molecular formula is C6H3ClF2INO3S. The van der Waals surface area contributed by atoms with Crippen molar-refractivity contribution in [2.24, 2.45) is 0 Å². The zero-order valence-electron chi connectivity index (χ0n) is 6.80. The molecule has 1 N–H and O–H groups in total. The first kappa shape index (κ1) is 12.8. The van der Waals surface area contributed by atoms with Crippen molar-refractivity contribution in [3.05, 3.63) is 25.7 Å². The van der Waals surface area contributed by atoms with Crippen LogP contribution in [0, 0.1) is 3.57 Å². The monoisotopic (exact) mass is 369 g/mol. The lowest BCUT2D eigenvalue weighted by Gasteiger charge is -2.05. The predicted octanol–water partition coefficient (Wildman–Crippen LogP) is 1.84. The molecule has 0 saturated carbocycles. The van der Waals surface area contributed by atoms with Crippen LogP contribution in [0.4, 0.5) is 8.78 Å². The van der Waals surface area contributed by atoms with E-state index in [2.05, 4.69) is 0 Å². The summed E-state index contributed by atoms with van der Waals surface area (Å²) in [4.78, 5) is 12.1. The van der Waals surface area contributed by atoms with Gasteiger partial charge in [-0.2, -0.15) is 0 Å². The van der Waals surface area contributed by atoms with Crippen molar-refractivity contribution in [1.29, 1.82) is 0 Å². The van der Waals surface area contributed by atoms with E-state index in [4.69, 9.17) is 10.7 Å². The van der Waals surface area contributed by atoms with E-state index in [1.54, 1.807) is 0 Å². The van der Waals surface area contributed by atoms with Gasteiger partial charge in [0.25, 0.3) is 21.0 Å². The summed E-state index contributed by atoms with van der Waals surface area (Å²) in [5, 5.41) is 0. The fourth-order valence-corrected chi connectivity index (χ4v) is 3.83. The lowest BCUT2D eigenvalue weighted by Crippen LogP contribution is -2.18. The average Bonchev–Trinajstić information content (AvgIpc) is 2.00. The number of aromatic nitrogens is 1. The quantitative estimate of drug-likeness (QED) is 0.639. The van der Waals surface area contributed by atoms with Gasteiger partial charge < -0.3 is 4.98 Å². The highest BCUT2D eigenvalue weighted by Crippen LogP contribution is 2.27. The fourth-order valence-electron chi connectivity index (χ4n) is 0.880. The van der Waals surface area contributed by atoms with E-state index in [0.29, 0.717) is 0 Å². The Morgan fingerprint density at radius 2 is 2.00 bits per heavy atom. The summed E-state index contributed by atoms with van der Waals surface area (Å²) < 4.78 is 46.3. The summed E-state index contributed by atoms with van der Waals surface area (Å²) in [6.07, 6.45) is -2.12. The van der Waals surface area contributed by atoms with E-state index >= 15 is 0 Å². The predicted molar refractivity (Wildman–Crippen MR) is 57.8 cm³/mol. The molecule has 1 heterocycles. The smallest absolute Gasteiger partial charge is 0.269 e. The maximum Gasteiger partial charge on any atom is 0.269 e. The molecular weight excluding hydrogens is 366 g/mol. The Morgan fingerprint density at radius 1 is 1.47 bits per heavy atom. The van der Waals surface area contributed by atoms with Crippen molar-refractivity contribution < 1.29 is 17.2 Å². The normalized spacial score (nSPS) is 12.1. The third-order valence-corrected chi connectivity index (χ3v) is 4.36. The topological polar surface area (TPSA) is 67.0 Å². The Morgan fingerprint density at radius 3 is 2.40 bits per heavy atom. The second-order valence-corrected chi connectivity index (χ2v) is 6.04. The van der Waals surface area contributed by atoms with E-state index in [-0.39, 0.29) is 3.57 Å². The molecule has 0 unspecified atom stereocenters. The Bertz CT molecular complexity index is 542. The van der Waals surface area contributed by atoms with Gasteiger partial charge in [-0.25, -0.2) is 17.2 Å². The van der Waals surface area contributed by atoms with E-state index < -0.39 is 31.5 Å². The number of nitrogens with one attached hydrogen (secondary N) is 1. The molecule has 1 rings (SSSR count). The molecule has 9 heteroatoms. The highest BCUT2D eigenvalue weighted by atomic mass is 127. The first-order chi connectivity index (χ1) is 6.75. The summed E-state index contributed by atoms with van der Waals surface area (Å²) in [6, 6.07) is 0. The van der Waals surface area contributed by atoms with Crippen LogP contribution in [-0.2, 0) is 9.05 Å². The first-order valence-corrected chi connectivity index (χ1v) is 6.78. The minimum absolute atomic E-state index is 0.360. The standard InChI is InChI=1S/C6H3ClF2INO3S/c7-15(13,14)4-3(10)2(5(8)9)1-11-6(4)12/h1,5H,(H,11,12). The van der Waals surface area contributed by atoms with Gasteiger partial charge in [-0.3, -0.25) is 4.79 Å². The summed E-state index contributed by atoms with van der Waals surface area (Å²) in [6.45, 7) is 0. The van der Waals surface area contributed by atoms with Crippen LogP contribution in [0.3, 0.4) is 0 Å². The molecule has 15 heavy (non-hydrogen) atoms. The summed E-state index contributed by atoms with van der Waals surface area (Å²) in [7, 11) is 0.616. The highest BCUT2D eigenvalue weighted by molar-refractivity contribution is 14.1. The third kappa shape index (κ3) is 2.67. The number of rotatable bonds is 2. The van der Waals surface area contributed by atoms with Gasteiger partial charge >= 0.3 is 0 Å². The van der Waals surface area contributed by atoms with Gasteiger partial charge in [-0.05, 0) is 22.6 Å². The van der Waals surface area contributed by atoms with Crippen molar-refractivity contribution in [3.63, 3.8) is 0 Å². The second-order valence-electron chi connectivity index (χ2n) is 2.45. The summed E-state index contributed by atoms with van der Waals surface area (Å²) >= 11 is 1.34. The average molecular weight is 370 g/mol. The molecule has 0 fully saturated rings. The largest absolute Gasteiger partial charge is 0.327 e. The number of hydrogen-bond acceptors (Lipinski definition) is 3. The molecule has 0 aliphatic carbocycles. The number of hydrogen-bond donors (Lipinski definition) is 1. The van der Waals surface area contributed by atoms with Crippen molar-refractivity contribution in [2.75, 3.05) is 0 Å². The summed E-state index contributed by atoms with van der Waals surface area (Å²) in [5.41, 5.74) is -1.59. The minimum Gasteiger partial charge on any atom is -0.327 e. The Labute approximate surface area is 101 Å². The van der Waals surface area contributed by atoms with Crippen molar-refractivity contribution in [3.8, 4) is 0 Å². The van der Waals surface area contributed by atoms with E-state index in [1.807, 2.05) is 4.98 Å². The van der Waals surface area contributed by atoms with Crippen molar-refractivity contribution in [1.82, 2.24) is 4.98 Å². The van der Waals surface area contributed by atoms with Crippen LogP contribution in [0.5, 0.6) is 0 Å². The maximum absolute atomic E-state index is 12.4. The SMILES string of the molecule is O=c1[nH]cc(C(F)F)c(I)c1S(=O)(=O)Cl. The Balaban J connectivity index is 3.66. The molecule has 0 saturated heterocycles. The minimum atomic E-state index is -4.33.